The van der Waals surface area contributed by atoms with Gasteiger partial charge in [0.05, 0.1) is 26.4 Å². The Hall–Kier alpha value is -13.2. The third kappa shape index (κ3) is 29.4. The summed E-state index contributed by atoms with van der Waals surface area (Å²) in [6, 6.07) is 100. The molecule has 136 heavy (non-hydrogen) atoms. The van der Waals surface area contributed by atoms with Crippen LogP contribution in [0.1, 0.15) is 222 Å². The van der Waals surface area contributed by atoms with Gasteiger partial charge in [-0.2, -0.15) is 0 Å². The molecule has 0 bridgehead atoms. The first-order chi connectivity index (χ1) is 66.6. The zero-order valence-corrected chi connectivity index (χ0v) is 81.6. The molecule has 0 radical (unpaired) electrons. The van der Waals surface area contributed by atoms with Crippen LogP contribution < -0.4 is 44.1 Å². The molecule has 5 heterocycles. The summed E-state index contributed by atoms with van der Waals surface area (Å²) in [7, 11) is 0. The average molecular weight is 1830 g/mol. The highest BCUT2D eigenvalue weighted by Gasteiger charge is 2.22. The maximum atomic E-state index is 12.9. The van der Waals surface area contributed by atoms with Gasteiger partial charge in [0.1, 0.15) is 0 Å². The Bertz CT molecular complexity index is 5280. The number of hydrogen-bond acceptors (Lipinski definition) is 17. The number of hydrogen-bond donors (Lipinski definition) is 0. The SMILES string of the molecule is CCCN(CCC)c1ccc(C(=O)c2ccccc2)cc1.CCN(CC)c1cccc(C(=O)c2cccc(N(CC)CC)c2)c1.CCN(CC)c1cccc(C(=O)c2ccccc2)c1.O=C(c1ccc(N2CCCCC2)cc1)c1ccc(N2CCCCC2)cc1.O=C(c1ccc(N2CCOCC2)cc1)c1ccc(N2CCOCC2)cc1.O=C(c1ccccc1)c1ccc(N2CCCCC2)cc1. The van der Waals surface area contributed by atoms with Gasteiger partial charge in [0.2, 0.25) is 0 Å². The largest absolute Gasteiger partial charge is 0.378 e. The molecule has 12 aromatic carbocycles. The van der Waals surface area contributed by atoms with Crippen LogP contribution in [-0.2, 0) is 9.47 Å². The Kier molecular flexibility index (Phi) is 40.7. The van der Waals surface area contributed by atoms with E-state index < -0.39 is 0 Å². The van der Waals surface area contributed by atoms with Crippen molar-refractivity contribution in [2.45, 2.75) is 126 Å². The van der Waals surface area contributed by atoms with Gasteiger partial charge < -0.3 is 53.6 Å². The lowest BCUT2D eigenvalue weighted by atomic mass is 10.0. The van der Waals surface area contributed by atoms with E-state index in [0.717, 1.165) is 252 Å². The van der Waals surface area contributed by atoms with Crippen molar-refractivity contribution in [1.29, 1.82) is 0 Å². The van der Waals surface area contributed by atoms with Crippen molar-refractivity contribution in [2.24, 2.45) is 0 Å². The quantitative estimate of drug-likeness (QED) is 0.0379. The first-order valence-corrected chi connectivity index (χ1v) is 49.9. The summed E-state index contributed by atoms with van der Waals surface area (Å²) < 4.78 is 10.8. The molecule has 710 valence electrons. The number of ether oxygens (including phenoxy) is 2. The highest BCUT2D eigenvalue weighted by molar-refractivity contribution is 6.13. The molecule has 0 saturated carbocycles. The Morgan fingerprint density at radius 3 is 0.632 bits per heavy atom. The summed E-state index contributed by atoms with van der Waals surface area (Å²) in [4.78, 5) is 96.5. The summed E-state index contributed by atoms with van der Waals surface area (Å²) in [6.07, 6.45) is 13.9. The van der Waals surface area contributed by atoms with Crippen LogP contribution in [-0.4, -0.2) is 179 Å². The van der Waals surface area contributed by atoms with Crippen LogP contribution in [0.15, 0.2) is 309 Å². The van der Waals surface area contributed by atoms with Gasteiger partial charge in [-0.25, -0.2) is 0 Å². The van der Waals surface area contributed by atoms with Gasteiger partial charge in [-0.1, -0.05) is 141 Å². The minimum absolute atomic E-state index is 0.0621. The maximum Gasteiger partial charge on any atom is 0.193 e. The third-order valence-corrected chi connectivity index (χ3v) is 25.9. The molecular weight excluding hydrogens is 1680 g/mol. The van der Waals surface area contributed by atoms with Crippen LogP contribution in [0.4, 0.5) is 51.2 Å². The first-order valence-electron chi connectivity index (χ1n) is 49.9. The standard InChI is InChI=1S/C23H28N2O.C21H24N2O3.C21H28N2O.C19H23NO.C18H19NO.C17H19NO/c26-23(19-7-11-21(12-8-19)24-15-3-1-4-16-24)20-9-13-22(14-10-20)25-17-5-2-6-18-25;24-21(17-1-5-19(6-2-17)22-9-13-25-14-10-22)18-3-7-20(8-4-18)23-11-15-26-16-12-23;1-5-22(6-2)19-13-9-11-17(15-19)21(24)18-12-10-14-20(16-18)23(7-3)8-4;1-3-14-20(15-4-2)18-12-10-17(11-13-18)19(21)16-8-6-5-7-9-16;20-18(15-7-3-1-4-8-15)16-9-11-17(12-10-16)19-13-5-2-6-14-19;1-3-18(4-2)16-12-8-11-15(13-16)17(19)14-9-6-5-7-10-14/h7-14H,1-6,15-18H2;1-8H,9-16H2;9-16H,5-8H2,1-4H3;5-13H,3-4,14-15H2,1-2H3;1,3-4,7-12H,2,5-6,13-14H2;5-13H,3-4H2,1-2H3. The molecule has 17 nitrogen and oxygen atoms in total. The van der Waals surface area contributed by atoms with Crippen LogP contribution in [0.3, 0.4) is 0 Å². The molecule has 0 aliphatic carbocycles. The molecule has 0 N–H and O–H groups in total. The molecular formula is C119H141N9O8. The van der Waals surface area contributed by atoms with E-state index in [0.29, 0.717) is 0 Å². The van der Waals surface area contributed by atoms with Crippen molar-refractivity contribution in [3.63, 3.8) is 0 Å². The molecule has 17 rings (SSSR count). The molecule has 0 unspecified atom stereocenters. The molecule has 17 heteroatoms. The number of ketones is 6. The van der Waals surface area contributed by atoms with Crippen LogP contribution in [0, 0.1) is 0 Å². The van der Waals surface area contributed by atoms with Gasteiger partial charge in [0.25, 0.3) is 0 Å². The number of anilines is 9. The van der Waals surface area contributed by atoms with Crippen molar-refractivity contribution in [2.75, 3.05) is 188 Å². The second-order valence-corrected chi connectivity index (χ2v) is 34.9. The van der Waals surface area contributed by atoms with Crippen LogP contribution in [0.5, 0.6) is 0 Å². The summed E-state index contributed by atoms with van der Waals surface area (Å²) in [5.74, 6) is 0.510. The van der Waals surface area contributed by atoms with Crippen molar-refractivity contribution in [3.8, 4) is 0 Å². The lowest BCUT2D eigenvalue weighted by molar-refractivity contribution is 0.103. The van der Waals surface area contributed by atoms with Gasteiger partial charge in [-0.05, 0) is 294 Å². The van der Waals surface area contributed by atoms with Crippen molar-refractivity contribution < 1.29 is 38.2 Å². The van der Waals surface area contributed by atoms with Gasteiger partial charge in [0.15, 0.2) is 34.7 Å². The minimum Gasteiger partial charge on any atom is -0.378 e. The predicted molar refractivity (Wildman–Crippen MR) is 566 cm³/mol. The van der Waals surface area contributed by atoms with E-state index in [1.807, 2.05) is 243 Å². The van der Waals surface area contributed by atoms with Crippen molar-refractivity contribution in [1.82, 2.24) is 0 Å². The smallest absolute Gasteiger partial charge is 0.193 e. The zero-order valence-electron chi connectivity index (χ0n) is 81.6. The fourth-order valence-electron chi connectivity index (χ4n) is 18.0. The van der Waals surface area contributed by atoms with Crippen molar-refractivity contribution in [3.05, 3.63) is 376 Å². The van der Waals surface area contributed by atoms with E-state index >= 15 is 0 Å². The fourth-order valence-corrected chi connectivity index (χ4v) is 18.0. The van der Waals surface area contributed by atoms with E-state index in [-0.39, 0.29) is 34.7 Å². The Labute approximate surface area is 809 Å². The lowest BCUT2D eigenvalue weighted by Gasteiger charge is -2.29. The first kappa shape index (κ1) is 102. The zero-order chi connectivity index (χ0) is 95.6. The van der Waals surface area contributed by atoms with Gasteiger partial charge in [0, 0.05) is 236 Å². The summed E-state index contributed by atoms with van der Waals surface area (Å²) in [6.45, 7) is 38.3. The van der Waals surface area contributed by atoms with Gasteiger partial charge in [-0.15, -0.1) is 0 Å². The van der Waals surface area contributed by atoms with E-state index in [9.17, 15) is 28.8 Å². The number of carbonyl (C=O) groups excluding carboxylic acids is 6. The van der Waals surface area contributed by atoms with E-state index in [1.54, 1.807) is 0 Å². The predicted octanol–water partition coefficient (Wildman–Crippen LogP) is 24.3. The number of morpholine rings is 2. The fraction of sp³-hybridized carbons (Fsp3) is 0.345. The van der Waals surface area contributed by atoms with Gasteiger partial charge >= 0.3 is 0 Å². The number of benzene rings is 12. The van der Waals surface area contributed by atoms with Crippen LogP contribution in [0.2, 0.25) is 0 Å². The maximum absolute atomic E-state index is 12.9. The molecule has 5 saturated heterocycles. The second kappa shape index (κ2) is 54.4. The molecule has 12 aromatic rings. The normalized spacial score (nSPS) is 14.0. The monoisotopic (exact) mass is 1820 g/mol. The highest BCUT2D eigenvalue weighted by Crippen LogP contribution is 2.30. The van der Waals surface area contributed by atoms with Gasteiger partial charge in [-0.3, -0.25) is 28.8 Å². The van der Waals surface area contributed by atoms with Crippen LogP contribution in [0.25, 0.3) is 0 Å². The summed E-state index contributed by atoms with van der Waals surface area (Å²) in [5.41, 5.74) is 19.5. The molecule has 0 amide bonds. The Balaban J connectivity index is 0.000000147. The number of rotatable bonds is 31. The highest BCUT2D eigenvalue weighted by atomic mass is 16.5. The molecule has 0 aromatic heterocycles. The Morgan fingerprint density at radius 2 is 0.404 bits per heavy atom. The number of nitrogens with zero attached hydrogens (tertiary/aromatic N) is 9. The lowest BCUT2D eigenvalue weighted by Crippen LogP contribution is -2.36. The summed E-state index contributed by atoms with van der Waals surface area (Å²) >= 11 is 0. The second-order valence-electron chi connectivity index (χ2n) is 34.9. The Morgan fingerprint density at radius 1 is 0.206 bits per heavy atom. The number of piperidine rings is 3. The summed E-state index contributed by atoms with van der Waals surface area (Å²) in [5, 5.41) is 0. The molecule has 5 aliphatic heterocycles. The molecule has 0 spiro atoms. The topological polar surface area (TPSA) is 150 Å². The molecule has 0 atom stereocenters. The van der Waals surface area contributed by atoms with E-state index in [2.05, 4.69) is 166 Å². The molecule has 5 aliphatic rings. The number of carbonyl (C=O) groups is 6. The third-order valence-electron chi connectivity index (χ3n) is 25.9. The van der Waals surface area contributed by atoms with E-state index in [4.69, 9.17) is 9.47 Å². The molecule has 5 fully saturated rings. The van der Waals surface area contributed by atoms with Crippen molar-refractivity contribution >= 4 is 85.9 Å². The van der Waals surface area contributed by atoms with E-state index in [1.165, 1.54) is 80.5 Å². The minimum atomic E-state index is 0.0621. The average Bonchev–Trinajstić information content (AvgIpc) is 0.835. The van der Waals surface area contributed by atoms with Crippen LogP contribution >= 0.6 is 0 Å².